The monoisotopic (exact) mass is 238 g/mol. The second kappa shape index (κ2) is 6.36. The zero-order valence-corrected chi connectivity index (χ0v) is 9.17. The van der Waals surface area contributed by atoms with Crippen molar-refractivity contribution in [2.45, 2.75) is 0 Å². The fourth-order valence-corrected chi connectivity index (χ4v) is 1.83. The van der Waals surface area contributed by atoms with E-state index in [4.69, 9.17) is 5.73 Å². The molecule has 0 rings (SSSR count). The molecule has 15 heavy (non-hydrogen) atoms. The number of amides is 1. The van der Waals surface area contributed by atoms with E-state index >= 15 is 0 Å². The van der Waals surface area contributed by atoms with E-state index in [1.54, 1.807) is 0 Å². The summed E-state index contributed by atoms with van der Waals surface area (Å²) in [6.45, 7) is 0.426. The van der Waals surface area contributed by atoms with Crippen molar-refractivity contribution in [3.63, 3.8) is 0 Å². The standard InChI is InChI=1S/C7H14N2O5S/c1-14-7(11)5-15(12,13)4-6(10)9-3-2-8/h2-5,8H2,1H3,(H,9,10). The molecule has 0 aliphatic rings. The molecule has 0 aromatic heterocycles. The Bertz CT molecular complexity index is 324. The molecule has 0 saturated carbocycles. The van der Waals surface area contributed by atoms with Gasteiger partial charge < -0.3 is 15.8 Å². The van der Waals surface area contributed by atoms with Crippen LogP contribution in [0.3, 0.4) is 0 Å². The largest absolute Gasteiger partial charge is 0.468 e. The average Bonchev–Trinajstić information content (AvgIpc) is 2.12. The molecule has 0 unspecified atom stereocenters. The molecule has 0 radical (unpaired) electrons. The van der Waals surface area contributed by atoms with Crippen LogP contribution in [0.4, 0.5) is 0 Å². The molecule has 0 heterocycles. The summed E-state index contributed by atoms with van der Waals surface area (Å²) < 4.78 is 26.5. The minimum Gasteiger partial charge on any atom is -0.468 e. The van der Waals surface area contributed by atoms with Crippen LogP contribution in [0.25, 0.3) is 0 Å². The minimum absolute atomic E-state index is 0.201. The van der Waals surface area contributed by atoms with Gasteiger partial charge in [0.25, 0.3) is 0 Å². The summed E-state index contributed by atoms with van der Waals surface area (Å²) in [5, 5.41) is 2.28. The van der Waals surface area contributed by atoms with Crippen LogP contribution in [0.1, 0.15) is 0 Å². The zero-order chi connectivity index (χ0) is 11.9. The Balaban J connectivity index is 4.14. The molecule has 0 spiro atoms. The number of nitrogens with one attached hydrogen (secondary N) is 1. The Hall–Kier alpha value is -1.15. The zero-order valence-electron chi connectivity index (χ0n) is 8.36. The molecule has 88 valence electrons. The maximum Gasteiger partial charge on any atom is 0.320 e. The molecular weight excluding hydrogens is 224 g/mol. The van der Waals surface area contributed by atoms with E-state index in [-0.39, 0.29) is 13.1 Å². The maximum absolute atomic E-state index is 11.2. The number of hydrogen-bond donors (Lipinski definition) is 2. The Labute approximate surface area is 87.9 Å². The first-order valence-electron chi connectivity index (χ1n) is 4.15. The number of nitrogens with two attached hydrogens (primary N) is 1. The number of carbonyl (C=O) groups excluding carboxylic acids is 2. The number of hydrogen-bond acceptors (Lipinski definition) is 6. The van der Waals surface area contributed by atoms with Crippen LogP contribution < -0.4 is 11.1 Å². The maximum atomic E-state index is 11.2. The quantitative estimate of drug-likeness (QED) is 0.500. The third-order valence-electron chi connectivity index (χ3n) is 1.38. The van der Waals surface area contributed by atoms with Crippen LogP contribution in [-0.4, -0.2) is 52.0 Å². The minimum atomic E-state index is -3.75. The molecule has 1 amide bonds. The van der Waals surface area contributed by atoms with Crippen LogP contribution >= 0.6 is 0 Å². The first-order chi connectivity index (χ1) is 6.91. The molecule has 0 atom stereocenters. The lowest BCUT2D eigenvalue weighted by molar-refractivity contribution is -0.137. The number of esters is 1. The van der Waals surface area contributed by atoms with Gasteiger partial charge in [0, 0.05) is 13.1 Å². The van der Waals surface area contributed by atoms with E-state index in [1.165, 1.54) is 0 Å². The highest BCUT2D eigenvalue weighted by atomic mass is 32.2. The summed E-state index contributed by atoms with van der Waals surface area (Å²) in [5.41, 5.74) is 5.10. The van der Waals surface area contributed by atoms with Crippen molar-refractivity contribution >= 4 is 21.7 Å². The molecule has 0 saturated heterocycles. The van der Waals surface area contributed by atoms with Gasteiger partial charge in [-0.3, -0.25) is 9.59 Å². The summed E-state index contributed by atoms with van der Waals surface area (Å²) >= 11 is 0. The summed E-state index contributed by atoms with van der Waals surface area (Å²) in [5.74, 6) is -3.09. The Kier molecular flexibility index (Phi) is 5.87. The Morgan fingerprint density at radius 3 is 2.40 bits per heavy atom. The van der Waals surface area contributed by atoms with Crippen LogP contribution in [0.2, 0.25) is 0 Å². The van der Waals surface area contributed by atoms with Crippen molar-refractivity contribution in [1.82, 2.24) is 5.32 Å². The number of carbonyl (C=O) groups is 2. The van der Waals surface area contributed by atoms with Gasteiger partial charge >= 0.3 is 5.97 Å². The summed E-state index contributed by atoms with van der Waals surface area (Å²) in [4.78, 5) is 21.7. The van der Waals surface area contributed by atoms with Gasteiger partial charge in [-0.15, -0.1) is 0 Å². The Morgan fingerprint density at radius 1 is 1.33 bits per heavy atom. The van der Waals surface area contributed by atoms with E-state index in [0.29, 0.717) is 0 Å². The summed E-state index contributed by atoms with van der Waals surface area (Å²) in [6.07, 6.45) is 0. The molecule has 8 heteroatoms. The number of methoxy groups -OCH3 is 1. The van der Waals surface area contributed by atoms with Crippen LogP contribution in [-0.2, 0) is 24.2 Å². The highest BCUT2D eigenvalue weighted by Gasteiger charge is 2.20. The van der Waals surface area contributed by atoms with E-state index in [9.17, 15) is 18.0 Å². The smallest absolute Gasteiger partial charge is 0.320 e. The fourth-order valence-electron chi connectivity index (χ4n) is 0.752. The van der Waals surface area contributed by atoms with E-state index in [2.05, 4.69) is 10.1 Å². The molecule has 3 N–H and O–H groups in total. The predicted molar refractivity (Wildman–Crippen MR) is 52.7 cm³/mol. The summed E-state index contributed by atoms with van der Waals surface area (Å²) in [7, 11) is -2.67. The SMILES string of the molecule is COC(=O)CS(=O)(=O)CC(=O)NCCN. The number of rotatable bonds is 6. The van der Waals surface area contributed by atoms with Crippen LogP contribution in [0.5, 0.6) is 0 Å². The number of sulfone groups is 1. The van der Waals surface area contributed by atoms with Crippen LogP contribution in [0.15, 0.2) is 0 Å². The molecule has 0 aromatic rings. The third kappa shape index (κ3) is 6.86. The lowest BCUT2D eigenvalue weighted by Gasteiger charge is -2.04. The van der Waals surface area contributed by atoms with Gasteiger partial charge in [-0.05, 0) is 0 Å². The molecular formula is C7H14N2O5S. The second-order valence-electron chi connectivity index (χ2n) is 2.75. The van der Waals surface area contributed by atoms with Gasteiger partial charge in [0.05, 0.1) is 7.11 Å². The van der Waals surface area contributed by atoms with E-state index in [0.717, 1.165) is 7.11 Å². The molecule has 0 fully saturated rings. The normalized spacial score (nSPS) is 10.8. The molecule has 7 nitrogen and oxygen atoms in total. The van der Waals surface area contributed by atoms with Gasteiger partial charge in [0.1, 0.15) is 11.5 Å². The Morgan fingerprint density at radius 2 is 1.93 bits per heavy atom. The molecule has 0 bridgehead atoms. The van der Waals surface area contributed by atoms with Gasteiger partial charge in [-0.2, -0.15) is 0 Å². The highest BCUT2D eigenvalue weighted by molar-refractivity contribution is 7.92. The molecule has 0 aliphatic carbocycles. The van der Waals surface area contributed by atoms with Crippen molar-refractivity contribution in [3.05, 3.63) is 0 Å². The average molecular weight is 238 g/mol. The van der Waals surface area contributed by atoms with Gasteiger partial charge in [0.15, 0.2) is 9.84 Å². The third-order valence-corrected chi connectivity index (χ3v) is 2.76. The predicted octanol–water partition coefficient (Wildman–Crippen LogP) is -2.35. The van der Waals surface area contributed by atoms with Crippen molar-refractivity contribution in [2.75, 3.05) is 31.7 Å². The fraction of sp³-hybridized carbons (Fsp3) is 0.714. The summed E-state index contributed by atoms with van der Waals surface area (Å²) in [6, 6.07) is 0. The van der Waals surface area contributed by atoms with Gasteiger partial charge in [0.2, 0.25) is 5.91 Å². The van der Waals surface area contributed by atoms with Crippen LogP contribution in [0, 0.1) is 0 Å². The van der Waals surface area contributed by atoms with Gasteiger partial charge in [-0.1, -0.05) is 0 Å². The van der Waals surface area contributed by atoms with E-state index < -0.39 is 33.2 Å². The second-order valence-corrected chi connectivity index (χ2v) is 4.81. The first kappa shape index (κ1) is 13.8. The topological polar surface area (TPSA) is 116 Å². The lowest BCUT2D eigenvalue weighted by Crippen LogP contribution is -2.35. The van der Waals surface area contributed by atoms with Crippen molar-refractivity contribution in [1.29, 1.82) is 0 Å². The first-order valence-corrected chi connectivity index (χ1v) is 5.97. The van der Waals surface area contributed by atoms with Crippen molar-refractivity contribution in [2.24, 2.45) is 5.73 Å². The van der Waals surface area contributed by atoms with Gasteiger partial charge in [-0.25, -0.2) is 8.42 Å². The number of ether oxygens (including phenoxy) is 1. The van der Waals surface area contributed by atoms with Crippen molar-refractivity contribution < 1.29 is 22.7 Å². The molecule has 0 aliphatic heterocycles. The highest BCUT2D eigenvalue weighted by Crippen LogP contribution is 1.91. The van der Waals surface area contributed by atoms with Crippen molar-refractivity contribution in [3.8, 4) is 0 Å². The lowest BCUT2D eigenvalue weighted by atomic mass is 10.6. The van der Waals surface area contributed by atoms with E-state index in [1.807, 2.05) is 0 Å². The molecule has 0 aromatic carbocycles.